The maximum Gasteiger partial charge on any atom is 0.295 e. The second-order valence-corrected chi connectivity index (χ2v) is 8.73. The predicted octanol–water partition coefficient (Wildman–Crippen LogP) is 1.65. The summed E-state index contributed by atoms with van der Waals surface area (Å²) in [6.07, 6.45) is 6.78. The number of aromatic nitrogens is 2. The minimum Gasteiger partial charge on any atom is -0.872 e. The van der Waals surface area contributed by atoms with Crippen molar-refractivity contribution in [1.82, 2.24) is 9.88 Å². The maximum atomic E-state index is 13.6. The van der Waals surface area contributed by atoms with Crippen molar-refractivity contribution in [3.8, 4) is 11.5 Å². The van der Waals surface area contributed by atoms with E-state index < -0.39 is 23.5 Å². The summed E-state index contributed by atoms with van der Waals surface area (Å²) in [5, 5.41) is 23.7. The minimum absolute atomic E-state index is 0.00240. The molecule has 1 aromatic heterocycles. The molecule has 2 atom stereocenters. The van der Waals surface area contributed by atoms with Gasteiger partial charge < -0.3 is 19.8 Å². The average molecular weight is 460 g/mol. The van der Waals surface area contributed by atoms with E-state index in [1.54, 1.807) is 36.5 Å². The lowest BCUT2D eigenvalue weighted by Crippen LogP contribution is -2.36. The number of Topliss-reactive ketones (excluding diaryl/α,β-unsaturated/α-hetero) is 1. The predicted molar refractivity (Wildman–Crippen MR) is 120 cm³/mol. The number of nitrogens with zero attached hydrogens (tertiary/aromatic N) is 2. The van der Waals surface area contributed by atoms with Crippen LogP contribution in [0, 0.1) is 0 Å². The first-order chi connectivity index (χ1) is 16.4. The molecule has 0 saturated carbocycles. The third kappa shape index (κ3) is 3.91. The lowest BCUT2D eigenvalue weighted by Gasteiger charge is -2.27. The third-order valence-corrected chi connectivity index (χ3v) is 6.29. The van der Waals surface area contributed by atoms with Gasteiger partial charge in [0.25, 0.3) is 5.91 Å². The van der Waals surface area contributed by atoms with Crippen LogP contribution in [0.15, 0.2) is 66.8 Å². The Morgan fingerprint density at radius 3 is 2.88 bits per heavy atom. The number of amides is 1. The molecule has 2 aliphatic rings. The Morgan fingerprint density at radius 1 is 1.26 bits per heavy atom. The number of aromatic hydroxyl groups is 1. The average Bonchev–Trinajstić information content (AvgIpc) is 3.52. The molecule has 3 aromatic rings. The number of hydrogen-bond donors (Lipinski definition) is 2. The van der Waals surface area contributed by atoms with Crippen LogP contribution in [0.1, 0.15) is 36.1 Å². The van der Waals surface area contributed by atoms with Gasteiger partial charge in [-0.1, -0.05) is 24.0 Å². The third-order valence-electron chi connectivity index (χ3n) is 6.29. The summed E-state index contributed by atoms with van der Waals surface area (Å²) in [6.45, 7) is 2.88. The highest BCUT2D eigenvalue weighted by Gasteiger charge is 2.44. The van der Waals surface area contributed by atoms with Crippen LogP contribution >= 0.6 is 0 Å². The van der Waals surface area contributed by atoms with Crippen LogP contribution < -0.4 is 14.4 Å². The molecule has 5 rings (SSSR count). The second kappa shape index (κ2) is 8.70. The van der Waals surface area contributed by atoms with Gasteiger partial charge in [0.05, 0.1) is 12.6 Å². The largest absolute Gasteiger partial charge is 0.872 e. The summed E-state index contributed by atoms with van der Waals surface area (Å²) in [5.41, 5.74) is 1.69. The van der Waals surface area contributed by atoms with Gasteiger partial charge in [0.15, 0.2) is 0 Å². The Bertz CT molecular complexity index is 1280. The first kappa shape index (κ1) is 21.8. The monoisotopic (exact) mass is 459 g/mol. The first-order valence-corrected chi connectivity index (χ1v) is 11.3. The number of hydrogen-bond acceptors (Lipinski definition) is 5. The van der Waals surface area contributed by atoms with Gasteiger partial charge in [0, 0.05) is 25.0 Å². The lowest BCUT2D eigenvalue weighted by atomic mass is 9.94. The van der Waals surface area contributed by atoms with Crippen molar-refractivity contribution in [2.75, 3.05) is 6.54 Å². The van der Waals surface area contributed by atoms with E-state index in [9.17, 15) is 19.8 Å². The van der Waals surface area contributed by atoms with Crippen LogP contribution in [-0.4, -0.2) is 39.3 Å². The van der Waals surface area contributed by atoms with Gasteiger partial charge in [-0.2, -0.15) is 0 Å². The molecule has 2 N–H and O–H groups in total. The van der Waals surface area contributed by atoms with Gasteiger partial charge in [-0.05, 0) is 47.9 Å². The second-order valence-electron chi connectivity index (χ2n) is 8.73. The molecule has 0 spiro atoms. The molecule has 8 nitrogen and oxygen atoms in total. The normalized spacial score (nSPS) is 21.0. The van der Waals surface area contributed by atoms with Crippen LogP contribution in [0.4, 0.5) is 0 Å². The number of aromatic amines is 1. The van der Waals surface area contributed by atoms with Crippen LogP contribution in [-0.2, 0) is 22.6 Å². The van der Waals surface area contributed by atoms with E-state index in [0.717, 1.165) is 11.3 Å². The fourth-order valence-electron chi connectivity index (χ4n) is 4.74. The number of phenols is 1. The van der Waals surface area contributed by atoms with E-state index in [2.05, 4.69) is 4.98 Å². The summed E-state index contributed by atoms with van der Waals surface area (Å²) >= 11 is 0. The van der Waals surface area contributed by atoms with Crippen LogP contribution in [0.3, 0.4) is 0 Å². The van der Waals surface area contributed by atoms with Crippen molar-refractivity contribution in [2.24, 2.45) is 0 Å². The Kier molecular flexibility index (Phi) is 5.57. The Morgan fingerprint density at radius 2 is 2.12 bits per heavy atom. The van der Waals surface area contributed by atoms with Gasteiger partial charge in [-0.25, -0.2) is 4.57 Å². The van der Waals surface area contributed by atoms with E-state index in [-0.39, 0.29) is 24.0 Å². The van der Waals surface area contributed by atoms with Gasteiger partial charge in [-0.3, -0.25) is 14.6 Å². The molecule has 0 radical (unpaired) electrons. The number of phenolic OH excluding ortho intramolecular Hbond substituents is 1. The number of nitrogens with one attached hydrogen (secondary N) is 1. The van der Waals surface area contributed by atoms with E-state index in [1.807, 2.05) is 24.0 Å². The standard InChI is InChI=1S/C26H25N3O5/c1-16-12-19-13-18(6-7-21(19)34-16)24(31)22-23(17-4-2-5-20(30)14-17)29(26(33)25(22)32)10-3-9-28-11-8-27-15-28/h2,4-8,11,13-16,23H,3,9-10,12H2,1H3,(H2,30,31,32). The zero-order chi connectivity index (χ0) is 23.8. The molecule has 174 valence electrons. The minimum atomic E-state index is -0.862. The molecule has 8 heteroatoms. The Hall–Kier alpha value is -4.07. The lowest BCUT2D eigenvalue weighted by molar-refractivity contribution is -0.695. The van der Waals surface area contributed by atoms with E-state index in [0.29, 0.717) is 30.5 Å². The molecule has 1 fully saturated rings. The van der Waals surface area contributed by atoms with Crippen molar-refractivity contribution in [2.45, 2.75) is 38.5 Å². The number of rotatable bonds is 6. The van der Waals surface area contributed by atoms with Gasteiger partial charge in [-0.15, -0.1) is 0 Å². The van der Waals surface area contributed by atoms with Crippen molar-refractivity contribution in [3.05, 3.63) is 83.4 Å². The zero-order valence-corrected chi connectivity index (χ0v) is 18.7. The molecule has 2 aromatic carbocycles. The van der Waals surface area contributed by atoms with Crippen molar-refractivity contribution < 1.29 is 29.1 Å². The highest BCUT2D eigenvalue weighted by Crippen LogP contribution is 2.40. The topological polar surface area (TPSA) is 110 Å². The van der Waals surface area contributed by atoms with Gasteiger partial charge >= 0.3 is 0 Å². The number of aryl methyl sites for hydroxylation is 1. The zero-order valence-electron chi connectivity index (χ0n) is 18.7. The molecular weight excluding hydrogens is 434 g/mol. The molecule has 2 unspecified atom stereocenters. The SMILES string of the molecule is CC1Cc2cc(/C([O-])=C3\C(=O)C(=O)N(CCC[n+]4cc[nH]c4)C3c3cccc(O)c3)ccc2O1. The summed E-state index contributed by atoms with van der Waals surface area (Å²) in [6, 6.07) is 10.6. The Labute approximate surface area is 196 Å². The summed E-state index contributed by atoms with van der Waals surface area (Å²) < 4.78 is 7.66. The van der Waals surface area contributed by atoms with Crippen LogP contribution in [0.5, 0.6) is 11.5 Å². The molecular formula is C26H25N3O5. The molecule has 2 aliphatic heterocycles. The van der Waals surface area contributed by atoms with E-state index in [4.69, 9.17) is 4.74 Å². The quantitative estimate of drug-likeness (QED) is 0.252. The molecule has 0 aliphatic carbocycles. The number of ether oxygens (including phenoxy) is 1. The summed E-state index contributed by atoms with van der Waals surface area (Å²) in [7, 11) is 0. The highest BCUT2D eigenvalue weighted by molar-refractivity contribution is 6.46. The molecule has 3 heterocycles. The van der Waals surface area contributed by atoms with Crippen LogP contribution in [0.25, 0.3) is 5.76 Å². The number of carbonyl (C=O) groups is 2. The number of H-pyrrole nitrogens is 1. The molecule has 34 heavy (non-hydrogen) atoms. The van der Waals surface area contributed by atoms with Crippen molar-refractivity contribution in [3.63, 3.8) is 0 Å². The smallest absolute Gasteiger partial charge is 0.295 e. The number of benzene rings is 2. The maximum absolute atomic E-state index is 13.6. The number of ketones is 1. The fourth-order valence-corrected chi connectivity index (χ4v) is 4.74. The summed E-state index contributed by atoms with van der Waals surface area (Å²) in [5.74, 6) is -1.23. The van der Waals surface area contributed by atoms with Crippen molar-refractivity contribution in [1.29, 1.82) is 0 Å². The first-order valence-electron chi connectivity index (χ1n) is 11.3. The van der Waals surface area contributed by atoms with Crippen molar-refractivity contribution >= 4 is 17.4 Å². The number of fused-ring (bicyclic) bond motifs is 1. The number of imidazole rings is 1. The molecule has 1 amide bonds. The summed E-state index contributed by atoms with van der Waals surface area (Å²) in [4.78, 5) is 30.6. The molecule has 0 bridgehead atoms. The van der Waals surface area contributed by atoms with Gasteiger partial charge in [0.1, 0.15) is 30.0 Å². The van der Waals surface area contributed by atoms with E-state index in [1.165, 1.54) is 17.0 Å². The molecule has 1 saturated heterocycles. The Balaban J connectivity index is 1.53. The fraction of sp³-hybridized carbons (Fsp3) is 0.269. The number of likely N-dealkylation sites (tertiary alicyclic amines) is 1. The van der Waals surface area contributed by atoms with E-state index >= 15 is 0 Å². The van der Waals surface area contributed by atoms with Crippen LogP contribution in [0.2, 0.25) is 0 Å². The highest BCUT2D eigenvalue weighted by atomic mass is 16.5. The number of carbonyl (C=O) groups excluding carboxylic acids is 2. The van der Waals surface area contributed by atoms with Gasteiger partial charge in [0.2, 0.25) is 12.1 Å².